The topological polar surface area (TPSA) is 111 Å². The van der Waals surface area contributed by atoms with Crippen LogP contribution in [0.3, 0.4) is 0 Å². The van der Waals surface area contributed by atoms with Crippen molar-refractivity contribution in [3.63, 3.8) is 0 Å². The fourth-order valence-electron chi connectivity index (χ4n) is 3.21. The number of aromatic nitrogens is 3. The van der Waals surface area contributed by atoms with Crippen LogP contribution in [0.4, 0.5) is 5.69 Å². The largest absolute Gasteiger partial charge is 0.461 e. The van der Waals surface area contributed by atoms with E-state index in [0.29, 0.717) is 49.4 Å². The Kier molecular flexibility index (Phi) is 5.55. The lowest BCUT2D eigenvalue weighted by molar-refractivity contribution is -0.117. The minimum absolute atomic E-state index is 0.0195. The number of carbonyl (C=O) groups is 1. The zero-order valence-electron chi connectivity index (χ0n) is 16.1. The molecule has 2 aromatic heterocycles. The zero-order chi connectivity index (χ0) is 20.1. The predicted molar refractivity (Wildman–Crippen MR) is 109 cm³/mol. The zero-order valence-corrected chi connectivity index (χ0v) is 16.1. The predicted octanol–water partition coefficient (Wildman–Crippen LogP) is 1.93. The average molecular weight is 393 g/mol. The molecule has 1 unspecified atom stereocenters. The van der Waals surface area contributed by atoms with Crippen LogP contribution >= 0.6 is 0 Å². The van der Waals surface area contributed by atoms with Crippen molar-refractivity contribution in [3.8, 4) is 11.6 Å². The van der Waals surface area contributed by atoms with E-state index in [0.717, 1.165) is 5.69 Å². The van der Waals surface area contributed by atoms with Crippen molar-refractivity contribution < 1.29 is 9.21 Å². The lowest BCUT2D eigenvalue weighted by Crippen LogP contribution is -2.44. The molecule has 1 amide bonds. The molecule has 1 saturated heterocycles. The number of hydrogen-bond acceptors (Lipinski definition) is 5. The molecule has 0 radical (unpaired) electrons. The third kappa shape index (κ3) is 4.45. The van der Waals surface area contributed by atoms with Crippen LogP contribution in [-0.2, 0) is 11.3 Å². The van der Waals surface area contributed by atoms with E-state index in [1.165, 1.54) is 0 Å². The number of aliphatic imine (C=N–C) groups is 1. The number of nitrogens with zero attached hydrogens (tertiary/aromatic N) is 4. The van der Waals surface area contributed by atoms with E-state index in [9.17, 15) is 4.79 Å². The van der Waals surface area contributed by atoms with Gasteiger partial charge >= 0.3 is 0 Å². The van der Waals surface area contributed by atoms with Crippen molar-refractivity contribution >= 4 is 17.6 Å². The van der Waals surface area contributed by atoms with Gasteiger partial charge in [0, 0.05) is 25.2 Å². The van der Waals surface area contributed by atoms with Crippen LogP contribution in [0, 0.1) is 0 Å². The number of H-pyrrole nitrogens is 1. The summed E-state index contributed by atoms with van der Waals surface area (Å²) >= 11 is 0. The van der Waals surface area contributed by atoms with Crippen molar-refractivity contribution in [1.29, 1.82) is 0 Å². The standard InChI is InChI=1S/C20H23N7O2/c1-2-21-20(22-12-17-24-19(26-25-17)16-9-6-10-29-16)23-14-11-18(28)27(13-14)15-7-4-3-5-8-15/h3-10,14H,2,11-13H2,1H3,(H2,21,22,23)(H,24,25,26). The van der Waals surface area contributed by atoms with Crippen LogP contribution in [-0.4, -0.2) is 46.2 Å². The highest BCUT2D eigenvalue weighted by Crippen LogP contribution is 2.21. The van der Waals surface area contributed by atoms with Crippen LogP contribution < -0.4 is 15.5 Å². The maximum absolute atomic E-state index is 12.4. The van der Waals surface area contributed by atoms with Crippen molar-refractivity contribution in [2.24, 2.45) is 4.99 Å². The maximum atomic E-state index is 12.4. The molecule has 9 heteroatoms. The van der Waals surface area contributed by atoms with Gasteiger partial charge in [-0.25, -0.2) is 9.98 Å². The number of nitrogens with one attached hydrogen (secondary N) is 3. The second-order valence-electron chi connectivity index (χ2n) is 6.66. The molecule has 3 N–H and O–H groups in total. The minimum Gasteiger partial charge on any atom is -0.461 e. The smallest absolute Gasteiger partial charge is 0.229 e. The summed E-state index contributed by atoms with van der Waals surface area (Å²) in [5.41, 5.74) is 0.913. The number of guanidine groups is 1. The van der Waals surface area contributed by atoms with Gasteiger partial charge in [-0.15, -0.1) is 5.10 Å². The van der Waals surface area contributed by atoms with Gasteiger partial charge in [0.15, 0.2) is 11.7 Å². The molecule has 0 bridgehead atoms. The van der Waals surface area contributed by atoms with Crippen LogP contribution in [0.25, 0.3) is 11.6 Å². The van der Waals surface area contributed by atoms with Gasteiger partial charge < -0.3 is 20.0 Å². The van der Waals surface area contributed by atoms with Gasteiger partial charge in [-0.2, -0.15) is 0 Å². The first-order valence-corrected chi connectivity index (χ1v) is 9.58. The first kappa shape index (κ1) is 18.7. The normalized spacial score (nSPS) is 17.0. The molecule has 0 aliphatic carbocycles. The Morgan fingerprint density at radius 1 is 1.31 bits per heavy atom. The molecule has 1 aliphatic rings. The summed E-state index contributed by atoms with van der Waals surface area (Å²) in [6, 6.07) is 13.3. The number of carbonyl (C=O) groups excluding carboxylic acids is 1. The number of hydrogen-bond donors (Lipinski definition) is 3. The summed E-state index contributed by atoms with van der Waals surface area (Å²) in [4.78, 5) is 23.2. The summed E-state index contributed by atoms with van der Waals surface area (Å²) in [6.07, 6.45) is 2.00. The molecule has 3 heterocycles. The van der Waals surface area contributed by atoms with Gasteiger partial charge in [0.2, 0.25) is 11.7 Å². The number of para-hydroxylation sites is 1. The van der Waals surface area contributed by atoms with E-state index < -0.39 is 0 Å². The third-order valence-corrected chi connectivity index (χ3v) is 4.54. The number of furan rings is 1. The molecule has 4 rings (SSSR count). The third-order valence-electron chi connectivity index (χ3n) is 4.54. The Balaban J connectivity index is 1.40. The Morgan fingerprint density at radius 2 is 2.17 bits per heavy atom. The second-order valence-corrected chi connectivity index (χ2v) is 6.66. The molecule has 1 aromatic carbocycles. The molecule has 1 atom stereocenters. The Labute approximate surface area is 168 Å². The van der Waals surface area contributed by atoms with Crippen molar-refractivity contribution in [2.45, 2.75) is 25.9 Å². The van der Waals surface area contributed by atoms with Crippen LogP contribution in [0.5, 0.6) is 0 Å². The van der Waals surface area contributed by atoms with Crippen LogP contribution in [0.2, 0.25) is 0 Å². The van der Waals surface area contributed by atoms with Crippen LogP contribution in [0.15, 0.2) is 58.1 Å². The summed E-state index contributed by atoms with van der Waals surface area (Å²) in [7, 11) is 0. The molecule has 29 heavy (non-hydrogen) atoms. The van der Waals surface area contributed by atoms with E-state index in [-0.39, 0.29) is 11.9 Å². The molecule has 0 saturated carbocycles. The lowest BCUT2D eigenvalue weighted by atomic mass is 10.2. The minimum atomic E-state index is -0.0195. The number of rotatable bonds is 6. The molecule has 1 fully saturated rings. The molecule has 1 aliphatic heterocycles. The summed E-state index contributed by atoms with van der Waals surface area (Å²) < 4.78 is 5.30. The fraction of sp³-hybridized carbons (Fsp3) is 0.300. The number of aromatic amines is 1. The van der Waals surface area contributed by atoms with Gasteiger partial charge in [-0.1, -0.05) is 18.2 Å². The summed E-state index contributed by atoms with van der Waals surface area (Å²) in [6.45, 7) is 3.63. The van der Waals surface area contributed by atoms with Gasteiger partial charge in [-0.05, 0) is 31.2 Å². The first-order valence-electron chi connectivity index (χ1n) is 9.58. The van der Waals surface area contributed by atoms with E-state index >= 15 is 0 Å². The van der Waals surface area contributed by atoms with E-state index in [2.05, 4.69) is 30.8 Å². The fourth-order valence-corrected chi connectivity index (χ4v) is 3.21. The SMILES string of the molecule is CCNC(=NCc1nc(-c2ccco2)n[nH]1)NC1CC(=O)N(c2ccccc2)C1. The summed E-state index contributed by atoms with van der Waals surface area (Å²) in [5, 5.41) is 13.6. The van der Waals surface area contributed by atoms with E-state index in [1.54, 1.807) is 23.3 Å². The highest BCUT2D eigenvalue weighted by molar-refractivity contribution is 5.97. The number of benzene rings is 1. The molecule has 0 spiro atoms. The van der Waals surface area contributed by atoms with Crippen LogP contribution in [0.1, 0.15) is 19.2 Å². The maximum Gasteiger partial charge on any atom is 0.229 e. The monoisotopic (exact) mass is 393 g/mol. The van der Waals surface area contributed by atoms with Gasteiger partial charge in [0.05, 0.1) is 12.3 Å². The first-order chi connectivity index (χ1) is 14.2. The average Bonchev–Trinajstić information content (AvgIpc) is 3.48. The number of amides is 1. The van der Waals surface area contributed by atoms with Crippen molar-refractivity contribution in [2.75, 3.05) is 18.0 Å². The van der Waals surface area contributed by atoms with E-state index in [1.807, 2.05) is 37.3 Å². The quantitative estimate of drug-likeness (QED) is 0.436. The Morgan fingerprint density at radius 3 is 2.93 bits per heavy atom. The van der Waals surface area contributed by atoms with Crippen molar-refractivity contribution in [3.05, 3.63) is 54.6 Å². The molecule has 150 valence electrons. The molecule has 3 aromatic rings. The highest BCUT2D eigenvalue weighted by Gasteiger charge is 2.31. The van der Waals surface area contributed by atoms with Gasteiger partial charge in [0.25, 0.3) is 0 Å². The Hall–Kier alpha value is -3.62. The Bertz CT molecular complexity index is 966. The second kappa shape index (κ2) is 8.59. The van der Waals surface area contributed by atoms with Gasteiger partial charge in [-0.3, -0.25) is 9.89 Å². The molecule has 9 nitrogen and oxygen atoms in total. The summed E-state index contributed by atoms with van der Waals surface area (Å²) in [5.74, 6) is 2.46. The van der Waals surface area contributed by atoms with Gasteiger partial charge in [0.1, 0.15) is 12.4 Å². The van der Waals surface area contributed by atoms with Crippen molar-refractivity contribution in [1.82, 2.24) is 25.8 Å². The molecular weight excluding hydrogens is 370 g/mol. The highest BCUT2D eigenvalue weighted by atomic mass is 16.3. The lowest BCUT2D eigenvalue weighted by Gasteiger charge is -2.18. The molecular formula is C20H23N7O2. The number of anilines is 1. The van der Waals surface area contributed by atoms with E-state index in [4.69, 9.17) is 4.42 Å².